The molecule has 80 valence electrons. The van der Waals surface area contributed by atoms with Crippen LogP contribution in [0.25, 0.3) is 0 Å². The van der Waals surface area contributed by atoms with Crippen molar-refractivity contribution >= 4 is 0 Å². The summed E-state index contributed by atoms with van der Waals surface area (Å²) in [6, 6.07) is 0. The molecule has 0 amide bonds. The lowest BCUT2D eigenvalue weighted by atomic mass is 10.4. The van der Waals surface area contributed by atoms with Gasteiger partial charge in [0.15, 0.2) is 0 Å². The van der Waals surface area contributed by atoms with E-state index in [1.807, 2.05) is 0 Å². The Kier molecular flexibility index (Phi) is 8.21. The highest BCUT2D eigenvalue weighted by molar-refractivity contribution is 4.52. The number of rotatable bonds is 8. The lowest BCUT2D eigenvalue weighted by molar-refractivity contribution is 0.0241. The van der Waals surface area contributed by atoms with Gasteiger partial charge in [-0.05, 0) is 6.42 Å². The van der Waals surface area contributed by atoms with Crippen LogP contribution in [-0.4, -0.2) is 65.1 Å². The van der Waals surface area contributed by atoms with Crippen molar-refractivity contribution in [2.24, 2.45) is 5.73 Å². The molecule has 0 bridgehead atoms. The fourth-order valence-electron chi connectivity index (χ4n) is 0.924. The van der Waals surface area contributed by atoms with Crippen LogP contribution in [0.1, 0.15) is 6.42 Å². The fraction of sp³-hybridized carbons (Fsp3) is 1.00. The van der Waals surface area contributed by atoms with Crippen molar-refractivity contribution in [2.45, 2.75) is 6.42 Å². The van der Waals surface area contributed by atoms with E-state index in [1.54, 1.807) is 4.90 Å². The van der Waals surface area contributed by atoms with Crippen LogP contribution < -0.4 is 5.73 Å². The number of hydrogen-bond acceptors (Lipinski definition) is 6. The molecule has 0 saturated heterocycles. The Labute approximate surface area is 78.2 Å². The number of nitrogens with two attached hydrogens (primary N) is 1. The van der Waals surface area contributed by atoms with Gasteiger partial charge in [-0.3, -0.25) is 9.80 Å². The van der Waals surface area contributed by atoms with Crippen LogP contribution in [-0.2, 0) is 0 Å². The molecule has 0 aliphatic heterocycles. The Balaban J connectivity index is 3.41. The maximum absolute atomic E-state index is 8.74. The standard InChI is InChI=1S/C7H19N3O3/c8-4-9(5-11)2-1-3-10(6-12)7-13/h11-13H,1-8H2. The van der Waals surface area contributed by atoms with Crippen LogP contribution in [0, 0.1) is 0 Å². The van der Waals surface area contributed by atoms with Gasteiger partial charge < -0.3 is 21.1 Å². The summed E-state index contributed by atoms with van der Waals surface area (Å²) in [5.74, 6) is 0. The molecular weight excluding hydrogens is 174 g/mol. The lowest BCUT2D eigenvalue weighted by Crippen LogP contribution is -2.34. The molecule has 0 aromatic heterocycles. The Hall–Kier alpha value is -0.240. The van der Waals surface area contributed by atoms with Crippen LogP contribution in [0.4, 0.5) is 0 Å². The summed E-state index contributed by atoms with van der Waals surface area (Å²) in [6.07, 6.45) is 0.749. The molecule has 6 heteroatoms. The first-order valence-electron chi connectivity index (χ1n) is 4.25. The third-order valence-electron chi connectivity index (χ3n) is 1.81. The highest BCUT2D eigenvalue weighted by Crippen LogP contribution is 1.91. The second kappa shape index (κ2) is 8.36. The van der Waals surface area contributed by atoms with Gasteiger partial charge in [0.05, 0.1) is 20.2 Å². The first-order chi connectivity index (χ1) is 6.28. The molecule has 5 N–H and O–H groups in total. The zero-order chi connectivity index (χ0) is 10.1. The summed E-state index contributed by atoms with van der Waals surface area (Å²) in [7, 11) is 0. The van der Waals surface area contributed by atoms with Gasteiger partial charge >= 0.3 is 0 Å². The average Bonchev–Trinajstić information content (AvgIpc) is 2.19. The number of aliphatic hydroxyl groups is 3. The zero-order valence-corrected chi connectivity index (χ0v) is 7.76. The van der Waals surface area contributed by atoms with Crippen molar-refractivity contribution in [3.8, 4) is 0 Å². The first-order valence-corrected chi connectivity index (χ1v) is 4.25. The SMILES string of the molecule is NCN(CO)CCCN(CO)CO. The van der Waals surface area contributed by atoms with E-state index in [2.05, 4.69) is 0 Å². The summed E-state index contributed by atoms with van der Waals surface area (Å²) in [4.78, 5) is 3.14. The molecule has 0 saturated carbocycles. The third-order valence-corrected chi connectivity index (χ3v) is 1.81. The average molecular weight is 193 g/mol. The van der Waals surface area contributed by atoms with Crippen molar-refractivity contribution in [3.63, 3.8) is 0 Å². The first kappa shape index (κ1) is 12.8. The molecule has 0 aliphatic rings. The lowest BCUT2D eigenvalue weighted by Gasteiger charge is -2.20. The van der Waals surface area contributed by atoms with Crippen molar-refractivity contribution in [3.05, 3.63) is 0 Å². The largest absolute Gasteiger partial charge is 0.381 e. The Morgan fingerprint density at radius 2 is 1.31 bits per heavy atom. The highest BCUT2D eigenvalue weighted by Gasteiger charge is 2.03. The molecule has 0 fully saturated rings. The van der Waals surface area contributed by atoms with Crippen LogP contribution in [0.3, 0.4) is 0 Å². The predicted octanol–water partition coefficient (Wildman–Crippen LogP) is -2.25. The van der Waals surface area contributed by atoms with Crippen molar-refractivity contribution in [2.75, 3.05) is 40.0 Å². The highest BCUT2D eigenvalue weighted by atomic mass is 16.3. The smallest absolute Gasteiger partial charge is 0.0974 e. The molecule has 13 heavy (non-hydrogen) atoms. The van der Waals surface area contributed by atoms with Gasteiger partial charge in [-0.25, -0.2) is 0 Å². The van der Waals surface area contributed by atoms with Gasteiger partial charge in [0.2, 0.25) is 0 Å². The molecule has 0 radical (unpaired) electrons. The normalized spacial score (nSPS) is 11.5. The van der Waals surface area contributed by atoms with Gasteiger partial charge in [0, 0.05) is 19.8 Å². The summed E-state index contributed by atoms with van der Waals surface area (Å²) in [6.45, 7) is 1.19. The molecule has 0 spiro atoms. The van der Waals surface area contributed by atoms with E-state index in [4.69, 9.17) is 21.1 Å². The van der Waals surface area contributed by atoms with Gasteiger partial charge in [0.25, 0.3) is 0 Å². The molecule has 0 aromatic carbocycles. The summed E-state index contributed by atoms with van der Waals surface area (Å²) in [5, 5.41) is 26.1. The van der Waals surface area contributed by atoms with Crippen LogP contribution >= 0.6 is 0 Å². The summed E-state index contributed by atoms with van der Waals surface area (Å²) >= 11 is 0. The molecule has 0 aliphatic carbocycles. The van der Waals surface area contributed by atoms with Crippen LogP contribution in [0.15, 0.2) is 0 Å². The summed E-state index contributed by atoms with van der Waals surface area (Å²) in [5.41, 5.74) is 5.32. The predicted molar refractivity (Wildman–Crippen MR) is 48.3 cm³/mol. The monoisotopic (exact) mass is 193 g/mol. The molecule has 0 heterocycles. The van der Waals surface area contributed by atoms with Crippen molar-refractivity contribution in [1.29, 1.82) is 0 Å². The fourth-order valence-corrected chi connectivity index (χ4v) is 0.924. The van der Waals surface area contributed by atoms with Gasteiger partial charge in [0.1, 0.15) is 0 Å². The molecule has 0 aromatic rings. The molecule has 0 unspecified atom stereocenters. The van der Waals surface area contributed by atoms with Crippen LogP contribution in [0.5, 0.6) is 0 Å². The van der Waals surface area contributed by atoms with Gasteiger partial charge in [-0.15, -0.1) is 0 Å². The van der Waals surface area contributed by atoms with E-state index in [1.165, 1.54) is 4.90 Å². The molecular formula is C7H19N3O3. The van der Waals surface area contributed by atoms with E-state index in [0.717, 1.165) is 6.42 Å². The van der Waals surface area contributed by atoms with Gasteiger partial charge in [-0.1, -0.05) is 0 Å². The minimum atomic E-state index is -0.155. The van der Waals surface area contributed by atoms with E-state index in [9.17, 15) is 0 Å². The van der Waals surface area contributed by atoms with E-state index < -0.39 is 0 Å². The Bertz CT molecular complexity index is 95.2. The number of hydrogen-bond donors (Lipinski definition) is 4. The molecule has 6 nitrogen and oxygen atoms in total. The van der Waals surface area contributed by atoms with E-state index >= 15 is 0 Å². The number of aliphatic hydroxyl groups excluding tert-OH is 3. The minimum absolute atomic E-state index is 0.0608. The van der Waals surface area contributed by atoms with Crippen molar-refractivity contribution < 1.29 is 15.3 Å². The summed E-state index contributed by atoms with van der Waals surface area (Å²) < 4.78 is 0. The Morgan fingerprint density at radius 1 is 0.846 bits per heavy atom. The maximum atomic E-state index is 8.74. The van der Waals surface area contributed by atoms with Crippen LogP contribution in [0.2, 0.25) is 0 Å². The second-order valence-electron chi connectivity index (χ2n) is 2.75. The number of nitrogens with zero attached hydrogens (tertiary/aromatic N) is 2. The minimum Gasteiger partial charge on any atom is -0.381 e. The second-order valence-corrected chi connectivity index (χ2v) is 2.75. The molecule has 0 atom stereocenters. The van der Waals surface area contributed by atoms with E-state index in [-0.39, 0.29) is 20.2 Å². The van der Waals surface area contributed by atoms with E-state index in [0.29, 0.717) is 19.8 Å². The maximum Gasteiger partial charge on any atom is 0.0974 e. The third kappa shape index (κ3) is 5.92. The quantitative estimate of drug-likeness (QED) is 0.325. The Morgan fingerprint density at radius 3 is 1.69 bits per heavy atom. The zero-order valence-electron chi connectivity index (χ0n) is 7.76. The van der Waals surface area contributed by atoms with Crippen molar-refractivity contribution in [1.82, 2.24) is 9.80 Å². The topological polar surface area (TPSA) is 93.2 Å². The van der Waals surface area contributed by atoms with Gasteiger partial charge in [-0.2, -0.15) is 0 Å². The molecule has 0 rings (SSSR count).